The molecule has 1 aromatic heterocycles. The number of carboxylic acid groups (broad SMARTS) is 1. The first-order chi connectivity index (χ1) is 8.68. The second-order valence-corrected chi connectivity index (χ2v) is 3.62. The summed E-state index contributed by atoms with van der Waals surface area (Å²) in [6, 6.07) is 7.42. The summed E-state index contributed by atoms with van der Waals surface area (Å²) in [5.41, 5.74) is 0.732. The number of H-pyrrole nitrogens is 1. The van der Waals surface area contributed by atoms with Gasteiger partial charge < -0.3 is 15.4 Å². The maximum Gasteiger partial charge on any atom is 0.330 e. The molecule has 0 aliphatic heterocycles. The lowest BCUT2D eigenvalue weighted by molar-refractivity contribution is -0.139. The first kappa shape index (κ1) is 11.8. The highest BCUT2D eigenvalue weighted by molar-refractivity contribution is 5.95. The van der Waals surface area contributed by atoms with Gasteiger partial charge in [0.05, 0.1) is 12.5 Å². The van der Waals surface area contributed by atoms with Gasteiger partial charge in [-0.05, 0) is 5.56 Å². The fraction of sp³-hybridized carbons (Fsp3) is 0.0833. The molecule has 6 nitrogen and oxygen atoms in total. The van der Waals surface area contributed by atoms with Crippen molar-refractivity contribution in [3.05, 3.63) is 54.1 Å². The van der Waals surface area contributed by atoms with Crippen LogP contribution in [0.25, 0.3) is 0 Å². The molecule has 3 N–H and O–H groups in total. The van der Waals surface area contributed by atoms with E-state index in [4.69, 9.17) is 5.11 Å². The molecular weight excluding hydrogens is 234 g/mol. The van der Waals surface area contributed by atoms with Crippen LogP contribution in [0.3, 0.4) is 0 Å². The Morgan fingerprint density at radius 1 is 1.28 bits per heavy atom. The van der Waals surface area contributed by atoms with Crippen molar-refractivity contribution in [3.8, 4) is 0 Å². The number of rotatable bonds is 4. The molecular formula is C12H11N3O3. The van der Waals surface area contributed by atoms with E-state index in [9.17, 15) is 9.59 Å². The first-order valence-electron chi connectivity index (χ1n) is 5.25. The molecule has 1 atom stereocenters. The number of nitrogens with one attached hydrogen (secondary N) is 2. The fourth-order valence-corrected chi connectivity index (χ4v) is 1.52. The highest BCUT2D eigenvalue weighted by Crippen LogP contribution is 2.13. The van der Waals surface area contributed by atoms with Crippen LogP contribution in [-0.2, 0) is 4.79 Å². The molecule has 2 aromatic rings. The summed E-state index contributed by atoms with van der Waals surface area (Å²) in [4.78, 5) is 29.2. The molecule has 0 bridgehead atoms. The van der Waals surface area contributed by atoms with E-state index in [1.807, 2.05) is 0 Å². The smallest absolute Gasteiger partial charge is 0.330 e. The molecule has 2 rings (SSSR count). The molecule has 0 spiro atoms. The number of aliphatic carboxylic acids is 1. The topological polar surface area (TPSA) is 95.1 Å². The number of imidazole rings is 1. The number of nitrogens with zero attached hydrogens (tertiary/aromatic N) is 1. The normalized spacial score (nSPS) is 11.8. The second kappa shape index (κ2) is 5.13. The molecule has 92 valence electrons. The lowest BCUT2D eigenvalue weighted by Crippen LogP contribution is -2.33. The zero-order chi connectivity index (χ0) is 13.0. The number of carboxylic acids is 1. The molecule has 1 aromatic carbocycles. The zero-order valence-corrected chi connectivity index (χ0v) is 9.33. The Morgan fingerprint density at radius 2 is 2.00 bits per heavy atom. The predicted octanol–water partition coefficient (Wildman–Crippen LogP) is 0.965. The van der Waals surface area contributed by atoms with Crippen LogP contribution >= 0.6 is 0 Å². The monoisotopic (exact) mass is 245 g/mol. The Labute approximate surface area is 103 Å². The summed E-state index contributed by atoms with van der Waals surface area (Å²) in [6.07, 6.45) is 2.69. The van der Waals surface area contributed by atoms with E-state index in [1.165, 1.54) is 12.5 Å². The minimum atomic E-state index is -1.12. The molecule has 1 heterocycles. The third kappa shape index (κ3) is 2.54. The molecule has 0 saturated carbocycles. The van der Waals surface area contributed by atoms with Gasteiger partial charge in [-0.15, -0.1) is 0 Å². The summed E-state index contributed by atoms with van der Waals surface area (Å²) in [6.45, 7) is 0. The third-order valence-corrected chi connectivity index (χ3v) is 2.40. The number of amides is 1. The molecule has 0 fully saturated rings. The zero-order valence-electron chi connectivity index (χ0n) is 9.33. The highest BCUT2D eigenvalue weighted by Gasteiger charge is 2.22. The molecule has 6 heteroatoms. The van der Waals surface area contributed by atoms with Crippen molar-refractivity contribution in [2.45, 2.75) is 6.04 Å². The molecule has 1 amide bonds. The summed E-state index contributed by atoms with van der Waals surface area (Å²) < 4.78 is 0. The number of carbonyl (C=O) groups is 2. The van der Waals surface area contributed by atoms with E-state index in [0.717, 1.165) is 0 Å². The Bertz CT molecular complexity index is 537. The van der Waals surface area contributed by atoms with E-state index in [2.05, 4.69) is 15.3 Å². The minimum absolute atomic E-state index is 0.220. The van der Waals surface area contributed by atoms with Gasteiger partial charge in [0.15, 0.2) is 6.04 Å². The predicted molar refractivity (Wildman–Crippen MR) is 62.9 cm³/mol. The van der Waals surface area contributed by atoms with Crippen molar-refractivity contribution in [2.75, 3.05) is 0 Å². The van der Waals surface area contributed by atoms with Crippen molar-refractivity contribution in [1.82, 2.24) is 15.3 Å². The van der Waals surface area contributed by atoms with Crippen LogP contribution in [0.15, 0.2) is 42.9 Å². The van der Waals surface area contributed by atoms with Crippen molar-refractivity contribution >= 4 is 11.9 Å². The van der Waals surface area contributed by atoms with Gasteiger partial charge in [-0.3, -0.25) is 4.79 Å². The molecule has 1 unspecified atom stereocenters. The van der Waals surface area contributed by atoms with E-state index in [0.29, 0.717) is 5.56 Å². The van der Waals surface area contributed by atoms with E-state index < -0.39 is 17.9 Å². The van der Waals surface area contributed by atoms with Gasteiger partial charge in [-0.25, -0.2) is 9.78 Å². The molecule has 0 saturated heterocycles. The Hall–Kier alpha value is -2.63. The van der Waals surface area contributed by atoms with Crippen LogP contribution in [0.2, 0.25) is 0 Å². The van der Waals surface area contributed by atoms with Crippen LogP contribution in [0.1, 0.15) is 22.1 Å². The average molecular weight is 245 g/mol. The Morgan fingerprint density at radius 3 is 2.56 bits per heavy atom. The maximum atomic E-state index is 11.7. The van der Waals surface area contributed by atoms with Gasteiger partial charge in [0.1, 0.15) is 5.69 Å². The number of hydrogen-bond donors (Lipinski definition) is 3. The van der Waals surface area contributed by atoms with Gasteiger partial charge in [-0.2, -0.15) is 0 Å². The van der Waals surface area contributed by atoms with Gasteiger partial charge in [0, 0.05) is 0 Å². The van der Waals surface area contributed by atoms with E-state index in [1.54, 1.807) is 30.3 Å². The van der Waals surface area contributed by atoms with Gasteiger partial charge in [0.25, 0.3) is 5.91 Å². The van der Waals surface area contributed by atoms with Crippen LogP contribution in [0, 0.1) is 0 Å². The van der Waals surface area contributed by atoms with Crippen LogP contribution in [0.5, 0.6) is 0 Å². The van der Waals surface area contributed by atoms with Gasteiger partial charge in [-0.1, -0.05) is 30.3 Å². The third-order valence-electron chi connectivity index (χ3n) is 2.40. The summed E-state index contributed by atoms with van der Waals surface area (Å²) in [7, 11) is 0. The Kier molecular flexibility index (Phi) is 3.38. The SMILES string of the molecule is O=C(NC(C(=O)O)c1ccccc1)c1cnc[nH]1. The first-order valence-corrected chi connectivity index (χ1v) is 5.25. The number of hydrogen-bond acceptors (Lipinski definition) is 3. The van der Waals surface area contributed by atoms with Gasteiger partial charge in [0.2, 0.25) is 0 Å². The minimum Gasteiger partial charge on any atom is -0.479 e. The Balaban J connectivity index is 2.18. The van der Waals surface area contributed by atoms with Gasteiger partial charge >= 0.3 is 5.97 Å². The molecule has 0 aliphatic rings. The van der Waals surface area contributed by atoms with Crippen molar-refractivity contribution in [2.24, 2.45) is 0 Å². The van der Waals surface area contributed by atoms with Crippen LogP contribution in [0.4, 0.5) is 0 Å². The summed E-state index contributed by atoms with van der Waals surface area (Å²) >= 11 is 0. The number of carbonyl (C=O) groups excluding carboxylic acids is 1. The number of aromatic amines is 1. The summed E-state index contributed by atoms with van der Waals surface area (Å²) in [5, 5.41) is 11.6. The highest BCUT2D eigenvalue weighted by atomic mass is 16.4. The average Bonchev–Trinajstić information content (AvgIpc) is 2.90. The van der Waals surface area contributed by atoms with E-state index >= 15 is 0 Å². The lowest BCUT2D eigenvalue weighted by Gasteiger charge is -2.13. The van der Waals surface area contributed by atoms with Crippen molar-refractivity contribution in [1.29, 1.82) is 0 Å². The summed E-state index contributed by atoms with van der Waals surface area (Å²) in [5.74, 6) is -1.63. The standard InChI is InChI=1S/C12H11N3O3/c16-11(9-6-13-7-14-9)15-10(12(17)18)8-4-2-1-3-5-8/h1-7,10H,(H,13,14)(H,15,16)(H,17,18). The second-order valence-electron chi connectivity index (χ2n) is 3.62. The number of aromatic nitrogens is 2. The molecule has 0 radical (unpaired) electrons. The van der Waals surface area contributed by atoms with Crippen LogP contribution < -0.4 is 5.32 Å². The fourth-order valence-electron chi connectivity index (χ4n) is 1.52. The van der Waals surface area contributed by atoms with Crippen molar-refractivity contribution in [3.63, 3.8) is 0 Å². The van der Waals surface area contributed by atoms with Crippen LogP contribution in [-0.4, -0.2) is 27.0 Å². The maximum absolute atomic E-state index is 11.7. The largest absolute Gasteiger partial charge is 0.479 e. The lowest BCUT2D eigenvalue weighted by atomic mass is 10.1. The van der Waals surface area contributed by atoms with Crippen molar-refractivity contribution < 1.29 is 14.7 Å². The molecule has 18 heavy (non-hydrogen) atoms. The number of benzene rings is 1. The molecule has 0 aliphatic carbocycles. The van der Waals surface area contributed by atoms with E-state index in [-0.39, 0.29) is 5.69 Å². The quantitative estimate of drug-likeness (QED) is 0.747.